The molecule has 0 saturated heterocycles. The number of hydrogen-bond donors (Lipinski definition) is 1. The predicted octanol–water partition coefficient (Wildman–Crippen LogP) is 2.68. The van der Waals surface area contributed by atoms with E-state index < -0.39 is 0 Å². The molecule has 1 aromatic rings. The molecule has 1 aromatic heterocycles. The minimum atomic E-state index is 0.552. The molecule has 1 N–H and O–H groups in total. The van der Waals surface area contributed by atoms with E-state index in [1.807, 2.05) is 4.68 Å². The van der Waals surface area contributed by atoms with Gasteiger partial charge < -0.3 is 10.1 Å². The van der Waals surface area contributed by atoms with Crippen LogP contribution in [0.25, 0.3) is 0 Å². The third kappa shape index (κ3) is 3.50. The first-order valence-corrected chi connectivity index (χ1v) is 7.56. The van der Waals surface area contributed by atoms with E-state index in [1.54, 1.807) is 13.3 Å². The molecular formula is C14H24ClN3O. The summed E-state index contributed by atoms with van der Waals surface area (Å²) in [5.74, 6) is 1.25. The van der Waals surface area contributed by atoms with Crippen molar-refractivity contribution in [3.8, 4) is 0 Å². The van der Waals surface area contributed by atoms with Crippen LogP contribution in [0.3, 0.4) is 0 Å². The number of hydrogen-bond acceptors (Lipinski definition) is 3. The zero-order chi connectivity index (χ0) is 13.7. The van der Waals surface area contributed by atoms with Crippen LogP contribution >= 0.6 is 11.6 Å². The van der Waals surface area contributed by atoms with E-state index in [1.165, 1.54) is 25.0 Å². The second-order valence-electron chi connectivity index (χ2n) is 5.24. The molecule has 0 spiro atoms. The topological polar surface area (TPSA) is 39.1 Å². The lowest BCUT2D eigenvalue weighted by Crippen LogP contribution is -2.35. The first-order valence-electron chi connectivity index (χ1n) is 7.18. The van der Waals surface area contributed by atoms with Crippen molar-refractivity contribution in [1.29, 1.82) is 0 Å². The quantitative estimate of drug-likeness (QED) is 0.747. The van der Waals surface area contributed by atoms with Crippen LogP contribution in [-0.2, 0) is 11.3 Å². The molecule has 0 aliphatic heterocycles. The second kappa shape index (κ2) is 7.27. The minimum Gasteiger partial charge on any atom is -0.383 e. The van der Waals surface area contributed by atoms with Crippen LogP contribution in [0, 0.1) is 5.92 Å². The molecule has 1 fully saturated rings. The fourth-order valence-electron chi connectivity index (χ4n) is 2.73. The van der Waals surface area contributed by atoms with Gasteiger partial charge in [-0.15, -0.1) is 0 Å². The SMILES string of the molecule is CCCNCC1CCC1c1c(Cl)cnn1CCOC. The number of nitrogens with one attached hydrogen (secondary N) is 1. The standard InChI is InChI=1S/C14H24ClN3O/c1-3-6-16-9-11-4-5-12(11)14-13(15)10-17-18(14)7-8-19-2/h10-12,16H,3-9H2,1-2H3. The van der Waals surface area contributed by atoms with Crippen molar-refractivity contribution in [2.75, 3.05) is 26.8 Å². The van der Waals surface area contributed by atoms with Gasteiger partial charge in [0.25, 0.3) is 0 Å². The van der Waals surface area contributed by atoms with Gasteiger partial charge in [-0.1, -0.05) is 18.5 Å². The highest BCUT2D eigenvalue weighted by atomic mass is 35.5. The lowest BCUT2D eigenvalue weighted by atomic mass is 9.71. The third-order valence-corrected chi connectivity index (χ3v) is 4.23. The normalized spacial score (nSPS) is 22.5. The van der Waals surface area contributed by atoms with Gasteiger partial charge in [-0.25, -0.2) is 0 Å². The van der Waals surface area contributed by atoms with Crippen LogP contribution in [0.1, 0.15) is 37.8 Å². The highest BCUT2D eigenvalue weighted by molar-refractivity contribution is 6.31. The maximum Gasteiger partial charge on any atom is 0.0820 e. The molecule has 0 bridgehead atoms. The molecule has 0 amide bonds. The van der Waals surface area contributed by atoms with Crippen LogP contribution in [0.2, 0.25) is 5.02 Å². The lowest BCUT2D eigenvalue weighted by molar-refractivity contribution is 0.176. The van der Waals surface area contributed by atoms with Gasteiger partial charge >= 0.3 is 0 Å². The van der Waals surface area contributed by atoms with Crippen LogP contribution in [0.15, 0.2) is 6.20 Å². The van der Waals surface area contributed by atoms with Crippen molar-refractivity contribution in [2.45, 2.75) is 38.6 Å². The highest BCUT2D eigenvalue weighted by Crippen LogP contribution is 2.44. The Hall–Kier alpha value is -0.580. The Labute approximate surface area is 120 Å². The fraction of sp³-hybridized carbons (Fsp3) is 0.786. The van der Waals surface area contributed by atoms with Crippen LogP contribution in [0.4, 0.5) is 0 Å². The molecule has 2 rings (SSSR count). The average molecular weight is 286 g/mol. The zero-order valence-corrected chi connectivity index (χ0v) is 12.6. The van der Waals surface area contributed by atoms with Crippen molar-refractivity contribution < 1.29 is 4.74 Å². The summed E-state index contributed by atoms with van der Waals surface area (Å²) in [4.78, 5) is 0. The second-order valence-corrected chi connectivity index (χ2v) is 5.65. The molecule has 1 aliphatic rings. The Morgan fingerprint density at radius 1 is 1.53 bits per heavy atom. The van der Waals surface area contributed by atoms with E-state index in [4.69, 9.17) is 16.3 Å². The van der Waals surface area contributed by atoms with E-state index in [0.29, 0.717) is 18.4 Å². The minimum absolute atomic E-state index is 0.552. The van der Waals surface area contributed by atoms with Crippen molar-refractivity contribution in [1.82, 2.24) is 15.1 Å². The molecule has 1 aliphatic carbocycles. The first-order chi connectivity index (χ1) is 9.27. The number of ether oxygens (including phenoxy) is 1. The highest BCUT2D eigenvalue weighted by Gasteiger charge is 2.35. The number of nitrogens with zero attached hydrogens (tertiary/aromatic N) is 2. The predicted molar refractivity (Wildman–Crippen MR) is 77.7 cm³/mol. The van der Waals surface area contributed by atoms with Gasteiger partial charge in [0, 0.05) is 13.0 Å². The summed E-state index contributed by atoms with van der Waals surface area (Å²) in [5, 5.41) is 8.69. The summed E-state index contributed by atoms with van der Waals surface area (Å²) < 4.78 is 7.15. The van der Waals surface area contributed by atoms with E-state index in [2.05, 4.69) is 17.3 Å². The maximum atomic E-state index is 6.31. The van der Waals surface area contributed by atoms with E-state index in [0.717, 1.165) is 24.7 Å². The van der Waals surface area contributed by atoms with Gasteiger partial charge in [0.15, 0.2) is 0 Å². The van der Waals surface area contributed by atoms with Crippen molar-refractivity contribution in [3.63, 3.8) is 0 Å². The number of rotatable bonds is 8. The van der Waals surface area contributed by atoms with Crippen molar-refractivity contribution in [3.05, 3.63) is 16.9 Å². The smallest absolute Gasteiger partial charge is 0.0820 e. The number of halogens is 1. The zero-order valence-electron chi connectivity index (χ0n) is 11.9. The molecule has 0 aromatic carbocycles. The fourth-order valence-corrected chi connectivity index (χ4v) is 3.02. The summed E-state index contributed by atoms with van der Waals surface area (Å²) in [6.45, 7) is 5.84. The molecule has 1 saturated carbocycles. The lowest BCUT2D eigenvalue weighted by Gasteiger charge is -2.37. The Bertz CT molecular complexity index is 394. The van der Waals surface area contributed by atoms with E-state index >= 15 is 0 Å². The summed E-state index contributed by atoms with van der Waals surface area (Å²) in [7, 11) is 1.71. The van der Waals surface area contributed by atoms with Crippen LogP contribution in [-0.4, -0.2) is 36.6 Å². The Balaban J connectivity index is 1.98. The van der Waals surface area contributed by atoms with Gasteiger partial charge in [0.05, 0.1) is 30.1 Å². The van der Waals surface area contributed by atoms with Crippen LogP contribution < -0.4 is 5.32 Å². The summed E-state index contributed by atoms with van der Waals surface area (Å²) >= 11 is 6.31. The molecular weight excluding hydrogens is 262 g/mol. The molecule has 5 heteroatoms. The van der Waals surface area contributed by atoms with Crippen molar-refractivity contribution >= 4 is 11.6 Å². The largest absolute Gasteiger partial charge is 0.383 e. The monoisotopic (exact) mass is 285 g/mol. The van der Waals surface area contributed by atoms with Crippen molar-refractivity contribution in [2.24, 2.45) is 5.92 Å². The molecule has 2 atom stereocenters. The molecule has 2 unspecified atom stereocenters. The number of methoxy groups -OCH3 is 1. The first kappa shape index (κ1) is 14.8. The summed E-state index contributed by atoms with van der Waals surface area (Å²) in [6, 6.07) is 0. The Morgan fingerprint density at radius 3 is 3.00 bits per heavy atom. The number of aromatic nitrogens is 2. The van der Waals surface area contributed by atoms with E-state index in [-0.39, 0.29) is 0 Å². The Morgan fingerprint density at radius 2 is 2.37 bits per heavy atom. The van der Waals surface area contributed by atoms with Gasteiger partial charge in [-0.05, 0) is 38.3 Å². The summed E-state index contributed by atoms with van der Waals surface area (Å²) in [6.07, 6.45) is 5.45. The van der Waals surface area contributed by atoms with Gasteiger partial charge in [-0.3, -0.25) is 4.68 Å². The molecule has 0 radical (unpaired) electrons. The maximum absolute atomic E-state index is 6.31. The Kier molecular flexibility index (Phi) is 5.67. The summed E-state index contributed by atoms with van der Waals surface area (Å²) in [5.41, 5.74) is 1.20. The molecule has 1 heterocycles. The molecule has 4 nitrogen and oxygen atoms in total. The third-order valence-electron chi connectivity index (χ3n) is 3.94. The molecule has 108 valence electrons. The van der Waals surface area contributed by atoms with Gasteiger partial charge in [0.1, 0.15) is 0 Å². The van der Waals surface area contributed by atoms with E-state index in [9.17, 15) is 0 Å². The average Bonchev–Trinajstić information content (AvgIpc) is 2.73. The molecule has 19 heavy (non-hydrogen) atoms. The van der Waals surface area contributed by atoms with Gasteiger partial charge in [-0.2, -0.15) is 5.10 Å². The van der Waals surface area contributed by atoms with Crippen LogP contribution in [0.5, 0.6) is 0 Å². The van der Waals surface area contributed by atoms with Gasteiger partial charge in [0.2, 0.25) is 0 Å².